The molecule has 1 aliphatic heterocycles. The van der Waals surface area contributed by atoms with Gasteiger partial charge in [0.1, 0.15) is 5.82 Å². The second-order valence-electron chi connectivity index (χ2n) is 6.37. The maximum absolute atomic E-state index is 4.73. The van der Waals surface area contributed by atoms with Gasteiger partial charge in [-0.2, -0.15) is 0 Å². The van der Waals surface area contributed by atoms with Crippen molar-refractivity contribution >= 4 is 5.82 Å². The van der Waals surface area contributed by atoms with Gasteiger partial charge in [-0.15, -0.1) is 0 Å². The predicted octanol–water partition coefficient (Wildman–Crippen LogP) is 3.28. The highest BCUT2D eigenvalue weighted by atomic mass is 15.2. The Hall–Kier alpha value is -1.09. The highest BCUT2D eigenvalue weighted by molar-refractivity contribution is 5.42. The van der Waals surface area contributed by atoms with Gasteiger partial charge in [-0.3, -0.25) is 0 Å². The van der Waals surface area contributed by atoms with E-state index in [-0.39, 0.29) is 0 Å². The fourth-order valence-corrected chi connectivity index (χ4v) is 3.73. The van der Waals surface area contributed by atoms with E-state index in [1.165, 1.54) is 56.3 Å². The summed E-state index contributed by atoms with van der Waals surface area (Å²) in [7, 11) is 0. The molecule has 2 heterocycles. The van der Waals surface area contributed by atoms with Crippen LogP contribution in [0.4, 0.5) is 5.82 Å². The van der Waals surface area contributed by atoms with E-state index in [9.17, 15) is 0 Å². The van der Waals surface area contributed by atoms with Crippen LogP contribution in [0.3, 0.4) is 0 Å². The van der Waals surface area contributed by atoms with Crippen LogP contribution in [0.1, 0.15) is 50.5 Å². The number of nitrogens with one attached hydrogen (secondary N) is 1. The van der Waals surface area contributed by atoms with E-state index < -0.39 is 0 Å². The topological polar surface area (TPSA) is 28.2 Å². The molecule has 110 valence electrons. The van der Waals surface area contributed by atoms with Crippen LogP contribution in [-0.4, -0.2) is 30.2 Å². The third kappa shape index (κ3) is 3.14. The number of rotatable bonds is 3. The molecule has 0 spiro atoms. The van der Waals surface area contributed by atoms with Crippen molar-refractivity contribution in [3.63, 3.8) is 0 Å². The number of anilines is 1. The number of hydrogen-bond acceptors (Lipinski definition) is 3. The Kier molecular flexibility index (Phi) is 4.56. The molecular weight excluding hydrogens is 246 g/mol. The summed E-state index contributed by atoms with van der Waals surface area (Å²) in [6, 6.07) is 5.82. The molecule has 1 N–H and O–H groups in total. The van der Waals surface area contributed by atoms with Gasteiger partial charge in [0.25, 0.3) is 0 Å². The number of pyridine rings is 1. The van der Waals surface area contributed by atoms with Crippen molar-refractivity contribution in [3.8, 4) is 0 Å². The first-order chi connectivity index (χ1) is 9.84. The maximum Gasteiger partial charge on any atom is 0.128 e. The molecule has 0 aromatic carbocycles. The lowest BCUT2D eigenvalue weighted by atomic mass is 9.91. The Labute approximate surface area is 122 Å². The predicted molar refractivity (Wildman–Crippen MR) is 84.2 cm³/mol. The molecule has 3 rings (SSSR count). The van der Waals surface area contributed by atoms with E-state index in [0.29, 0.717) is 12.1 Å². The molecule has 0 radical (unpaired) electrons. The highest BCUT2D eigenvalue weighted by Gasteiger charge is 2.29. The summed E-state index contributed by atoms with van der Waals surface area (Å²) >= 11 is 0. The maximum atomic E-state index is 4.73. The number of piperidine rings is 1. The Balaban J connectivity index is 1.83. The summed E-state index contributed by atoms with van der Waals surface area (Å²) in [6.07, 6.45) is 11.4. The summed E-state index contributed by atoms with van der Waals surface area (Å²) in [4.78, 5) is 7.40. The van der Waals surface area contributed by atoms with Crippen LogP contribution in [0.2, 0.25) is 0 Å². The zero-order valence-electron chi connectivity index (χ0n) is 12.6. The molecular formula is C17H27N3. The van der Waals surface area contributed by atoms with Crippen molar-refractivity contribution < 1.29 is 0 Å². The number of hydrogen-bond donors (Lipinski definition) is 1. The number of aryl methyl sites for hydroxylation is 1. The Morgan fingerprint density at radius 3 is 2.35 bits per heavy atom. The van der Waals surface area contributed by atoms with E-state index in [2.05, 4.69) is 29.3 Å². The summed E-state index contributed by atoms with van der Waals surface area (Å²) in [5.41, 5.74) is 1.25. The second kappa shape index (κ2) is 6.57. The van der Waals surface area contributed by atoms with E-state index in [1.54, 1.807) is 0 Å². The van der Waals surface area contributed by atoms with E-state index in [4.69, 9.17) is 4.98 Å². The third-order valence-electron chi connectivity index (χ3n) is 4.83. The third-order valence-corrected chi connectivity index (χ3v) is 4.83. The van der Waals surface area contributed by atoms with Gasteiger partial charge < -0.3 is 10.2 Å². The molecule has 1 aromatic heterocycles. The summed E-state index contributed by atoms with van der Waals surface area (Å²) in [6.45, 7) is 4.42. The lowest BCUT2D eigenvalue weighted by Gasteiger charge is -2.42. The van der Waals surface area contributed by atoms with E-state index in [1.807, 2.05) is 6.20 Å². The molecule has 1 saturated carbocycles. The smallest absolute Gasteiger partial charge is 0.128 e. The van der Waals surface area contributed by atoms with Gasteiger partial charge in [-0.25, -0.2) is 4.98 Å². The van der Waals surface area contributed by atoms with Gasteiger partial charge in [0.15, 0.2) is 0 Å². The van der Waals surface area contributed by atoms with Crippen LogP contribution in [-0.2, 0) is 0 Å². The average Bonchev–Trinajstić information content (AvgIpc) is 2.52. The summed E-state index contributed by atoms with van der Waals surface area (Å²) < 4.78 is 0. The standard InChI is InChI=1S/C17H27N3/c1-14-7-8-17(19-13-14)20(15-5-3-2-4-6-15)16-9-11-18-12-10-16/h7-8,13,15-16,18H,2-6,9-12H2,1H3. The van der Waals surface area contributed by atoms with Gasteiger partial charge in [-0.1, -0.05) is 25.3 Å². The minimum absolute atomic E-state index is 0.676. The molecule has 0 amide bonds. The highest BCUT2D eigenvalue weighted by Crippen LogP contribution is 2.30. The van der Waals surface area contributed by atoms with Gasteiger partial charge in [0.05, 0.1) is 0 Å². The second-order valence-corrected chi connectivity index (χ2v) is 6.37. The van der Waals surface area contributed by atoms with Crippen molar-refractivity contribution in [1.29, 1.82) is 0 Å². The zero-order valence-corrected chi connectivity index (χ0v) is 12.6. The van der Waals surface area contributed by atoms with Crippen molar-refractivity contribution in [2.45, 2.75) is 64.0 Å². The number of nitrogens with zero attached hydrogens (tertiary/aromatic N) is 2. The molecule has 3 nitrogen and oxygen atoms in total. The van der Waals surface area contributed by atoms with Crippen molar-refractivity contribution in [3.05, 3.63) is 23.9 Å². The molecule has 2 aliphatic rings. The quantitative estimate of drug-likeness (QED) is 0.916. The fourth-order valence-electron chi connectivity index (χ4n) is 3.73. The molecule has 20 heavy (non-hydrogen) atoms. The van der Waals surface area contributed by atoms with Crippen LogP contribution in [0.15, 0.2) is 18.3 Å². The van der Waals surface area contributed by atoms with Crippen molar-refractivity contribution in [2.75, 3.05) is 18.0 Å². The van der Waals surface area contributed by atoms with Gasteiger partial charge >= 0.3 is 0 Å². The van der Waals surface area contributed by atoms with Crippen molar-refractivity contribution in [1.82, 2.24) is 10.3 Å². The Bertz CT molecular complexity index is 385. The Morgan fingerprint density at radius 1 is 1.00 bits per heavy atom. The molecule has 0 bridgehead atoms. The molecule has 2 fully saturated rings. The number of aromatic nitrogens is 1. The minimum Gasteiger partial charge on any atom is -0.351 e. The monoisotopic (exact) mass is 273 g/mol. The average molecular weight is 273 g/mol. The zero-order chi connectivity index (χ0) is 13.8. The van der Waals surface area contributed by atoms with Gasteiger partial charge in [0.2, 0.25) is 0 Å². The Morgan fingerprint density at radius 2 is 1.70 bits per heavy atom. The molecule has 3 heteroatoms. The van der Waals surface area contributed by atoms with E-state index >= 15 is 0 Å². The minimum atomic E-state index is 0.676. The summed E-state index contributed by atoms with van der Waals surface area (Å²) in [5, 5.41) is 3.49. The first kappa shape index (κ1) is 13.9. The fraction of sp³-hybridized carbons (Fsp3) is 0.706. The molecule has 1 aromatic rings. The molecule has 1 aliphatic carbocycles. The lowest BCUT2D eigenvalue weighted by Crippen LogP contribution is -2.49. The van der Waals surface area contributed by atoms with Crippen LogP contribution in [0.25, 0.3) is 0 Å². The van der Waals surface area contributed by atoms with Crippen LogP contribution >= 0.6 is 0 Å². The normalized spacial score (nSPS) is 21.9. The first-order valence-electron chi connectivity index (χ1n) is 8.26. The van der Waals surface area contributed by atoms with Crippen LogP contribution in [0.5, 0.6) is 0 Å². The molecule has 0 unspecified atom stereocenters. The van der Waals surface area contributed by atoms with Crippen molar-refractivity contribution in [2.24, 2.45) is 0 Å². The van der Waals surface area contributed by atoms with Crippen LogP contribution in [0, 0.1) is 6.92 Å². The first-order valence-corrected chi connectivity index (χ1v) is 8.26. The van der Waals surface area contributed by atoms with E-state index in [0.717, 1.165) is 13.1 Å². The van der Waals surface area contributed by atoms with Gasteiger partial charge in [0, 0.05) is 18.3 Å². The van der Waals surface area contributed by atoms with Crippen LogP contribution < -0.4 is 10.2 Å². The lowest BCUT2D eigenvalue weighted by molar-refractivity contribution is 0.345. The SMILES string of the molecule is Cc1ccc(N(C2CCCCC2)C2CCNCC2)nc1. The van der Waals surface area contributed by atoms with Gasteiger partial charge in [-0.05, 0) is 57.3 Å². The molecule has 0 atom stereocenters. The largest absolute Gasteiger partial charge is 0.351 e. The summed E-state index contributed by atoms with van der Waals surface area (Å²) in [5.74, 6) is 1.20. The molecule has 1 saturated heterocycles.